The quantitative estimate of drug-likeness (QED) is 0.346. The number of carbonyl (C=O) groups excluding carboxylic acids is 1. The minimum Gasteiger partial charge on any atom is -0.469 e. The lowest BCUT2D eigenvalue weighted by Gasteiger charge is -2.12. The van der Waals surface area contributed by atoms with Crippen LogP contribution in [0.3, 0.4) is 0 Å². The maximum Gasteiger partial charge on any atom is 0.308 e. The second-order valence-corrected chi connectivity index (χ2v) is 8.92. The zero-order valence-corrected chi connectivity index (χ0v) is 20.0. The number of nitrogens with zero attached hydrogens (tertiary/aromatic N) is 2. The van der Waals surface area contributed by atoms with Crippen LogP contribution in [-0.2, 0) is 9.53 Å². The number of aliphatic hydroxyl groups excluding tert-OH is 2. The average molecular weight is 477 g/mol. The third kappa shape index (κ3) is 5.11. The smallest absolute Gasteiger partial charge is 0.308 e. The number of rotatable bonds is 8. The van der Waals surface area contributed by atoms with Crippen LogP contribution in [0, 0.1) is 5.82 Å². The summed E-state index contributed by atoms with van der Waals surface area (Å²) < 4.78 is 20.3. The van der Waals surface area contributed by atoms with E-state index in [9.17, 15) is 19.4 Å². The highest BCUT2D eigenvalue weighted by molar-refractivity contribution is 6.06. The van der Waals surface area contributed by atoms with Gasteiger partial charge in [-0.05, 0) is 23.6 Å². The summed E-state index contributed by atoms with van der Waals surface area (Å²) in [6.07, 6.45) is 3.05. The molecule has 0 aliphatic heterocycles. The normalized spacial score (nSPS) is 13.7. The van der Waals surface area contributed by atoms with E-state index in [1.165, 1.54) is 19.2 Å². The Balaban J connectivity index is 1.88. The van der Waals surface area contributed by atoms with Gasteiger partial charge in [0.05, 0.1) is 43.1 Å². The topological polar surface area (TPSA) is 84.1 Å². The van der Waals surface area contributed by atoms with Crippen molar-refractivity contribution >= 4 is 28.3 Å². The van der Waals surface area contributed by atoms with Crippen LogP contribution < -0.4 is 0 Å². The fourth-order valence-electron chi connectivity index (χ4n) is 4.47. The minimum atomic E-state index is -1.03. The fourth-order valence-corrected chi connectivity index (χ4v) is 4.47. The molecule has 0 radical (unpaired) electrons. The molecular weight excluding hydrogens is 447 g/mol. The average Bonchev–Trinajstić information content (AvgIpc) is 3.18. The lowest BCUT2D eigenvalue weighted by molar-refractivity contribution is -0.143. The van der Waals surface area contributed by atoms with Crippen LogP contribution >= 0.6 is 0 Å². The van der Waals surface area contributed by atoms with Crippen LogP contribution in [0.4, 0.5) is 4.39 Å². The first kappa shape index (κ1) is 24.6. The zero-order valence-electron chi connectivity index (χ0n) is 20.0. The number of aliphatic hydroxyl groups is 2. The Bertz CT molecular complexity index is 1380. The molecule has 2 heterocycles. The van der Waals surface area contributed by atoms with Crippen LogP contribution in [0.15, 0.2) is 60.8 Å². The van der Waals surface area contributed by atoms with E-state index in [1.54, 1.807) is 18.2 Å². The van der Waals surface area contributed by atoms with Gasteiger partial charge in [0.25, 0.3) is 0 Å². The van der Waals surface area contributed by atoms with E-state index in [0.717, 1.165) is 38.7 Å². The van der Waals surface area contributed by atoms with Gasteiger partial charge in [-0.1, -0.05) is 62.4 Å². The molecule has 182 valence electrons. The van der Waals surface area contributed by atoms with Crippen LogP contribution in [0.2, 0.25) is 0 Å². The zero-order chi connectivity index (χ0) is 25.1. The van der Waals surface area contributed by atoms with Crippen molar-refractivity contribution in [1.29, 1.82) is 0 Å². The number of benzene rings is 2. The first-order chi connectivity index (χ1) is 16.8. The molecule has 6 nitrogen and oxygen atoms in total. The molecule has 35 heavy (non-hydrogen) atoms. The van der Waals surface area contributed by atoms with Gasteiger partial charge in [0.2, 0.25) is 0 Å². The first-order valence-electron chi connectivity index (χ1n) is 11.6. The molecule has 0 aliphatic carbocycles. The van der Waals surface area contributed by atoms with E-state index in [1.807, 2.05) is 41.1 Å². The Hall–Kier alpha value is -3.55. The second kappa shape index (κ2) is 10.4. The highest BCUT2D eigenvalue weighted by atomic mass is 19.1. The standard InChI is InChI=1S/C28H29FN2O4/c1-17(2)27-24(13-12-21(32)14-22(33)15-25(34)35-3)26(18-8-10-20(29)11-9-18)28-23-7-5-4-6-19(23)16-30-31(27)28/h4-13,16-17,21-22,32-33H,14-15H2,1-3H3/b13-12+. The van der Waals surface area contributed by atoms with Crippen LogP contribution in [0.1, 0.15) is 43.9 Å². The summed E-state index contributed by atoms with van der Waals surface area (Å²) in [5.41, 5.74) is 4.42. The van der Waals surface area contributed by atoms with Gasteiger partial charge in [0.1, 0.15) is 5.82 Å². The molecule has 4 aromatic rings. The molecule has 2 N–H and O–H groups in total. The number of ether oxygens (including phenoxy) is 1. The molecule has 0 fully saturated rings. The number of methoxy groups -OCH3 is 1. The molecule has 2 unspecified atom stereocenters. The molecule has 0 saturated carbocycles. The summed E-state index contributed by atoms with van der Waals surface area (Å²) in [4.78, 5) is 11.4. The van der Waals surface area contributed by atoms with Crippen LogP contribution in [-0.4, -0.2) is 45.1 Å². The Labute approximate surface area is 203 Å². The van der Waals surface area contributed by atoms with E-state index in [-0.39, 0.29) is 24.6 Å². The fraction of sp³-hybridized carbons (Fsp3) is 0.286. The number of esters is 1. The van der Waals surface area contributed by atoms with Crippen molar-refractivity contribution in [1.82, 2.24) is 9.61 Å². The Morgan fingerprint density at radius 2 is 1.86 bits per heavy atom. The molecule has 0 amide bonds. The minimum absolute atomic E-state index is 0.0109. The molecule has 2 aromatic carbocycles. The maximum absolute atomic E-state index is 13.8. The summed E-state index contributed by atoms with van der Waals surface area (Å²) in [6.45, 7) is 4.14. The molecule has 0 bridgehead atoms. The van der Waals surface area contributed by atoms with E-state index < -0.39 is 18.2 Å². The van der Waals surface area contributed by atoms with Crippen molar-refractivity contribution in [2.24, 2.45) is 0 Å². The SMILES string of the molecule is COC(=O)CC(O)CC(O)/C=C/c1c(-c2ccc(F)cc2)c2c3ccccc3cnn2c1C(C)C. The summed E-state index contributed by atoms with van der Waals surface area (Å²) in [7, 11) is 1.26. The molecule has 2 aromatic heterocycles. The van der Waals surface area contributed by atoms with E-state index >= 15 is 0 Å². The maximum atomic E-state index is 13.8. The first-order valence-corrected chi connectivity index (χ1v) is 11.6. The number of hydrogen-bond donors (Lipinski definition) is 2. The van der Waals surface area contributed by atoms with Gasteiger partial charge >= 0.3 is 5.97 Å². The molecule has 0 spiro atoms. The number of hydrogen-bond acceptors (Lipinski definition) is 5. The van der Waals surface area contributed by atoms with Gasteiger partial charge in [-0.3, -0.25) is 4.79 Å². The lowest BCUT2D eigenvalue weighted by atomic mass is 9.95. The molecule has 2 atom stereocenters. The van der Waals surface area contributed by atoms with Crippen molar-refractivity contribution in [2.75, 3.05) is 7.11 Å². The van der Waals surface area contributed by atoms with Crippen molar-refractivity contribution in [3.05, 3.63) is 77.9 Å². The number of halogens is 1. The number of fused-ring (bicyclic) bond motifs is 3. The summed E-state index contributed by atoms with van der Waals surface area (Å²) >= 11 is 0. The van der Waals surface area contributed by atoms with Gasteiger partial charge in [0, 0.05) is 28.3 Å². The third-order valence-corrected chi connectivity index (χ3v) is 6.06. The van der Waals surface area contributed by atoms with E-state index in [0.29, 0.717) is 0 Å². The van der Waals surface area contributed by atoms with Crippen molar-refractivity contribution in [3.63, 3.8) is 0 Å². The number of aromatic nitrogens is 2. The van der Waals surface area contributed by atoms with E-state index in [2.05, 4.69) is 18.6 Å². The molecule has 0 aliphatic rings. The van der Waals surface area contributed by atoms with Crippen molar-refractivity contribution in [2.45, 2.75) is 44.8 Å². The van der Waals surface area contributed by atoms with Crippen molar-refractivity contribution < 1.29 is 24.1 Å². The predicted octanol–water partition coefficient (Wildman–Crippen LogP) is 5.11. The van der Waals surface area contributed by atoms with Gasteiger partial charge < -0.3 is 14.9 Å². The van der Waals surface area contributed by atoms with Crippen LogP contribution in [0.25, 0.3) is 33.5 Å². The Morgan fingerprint density at radius 1 is 1.14 bits per heavy atom. The van der Waals surface area contributed by atoms with E-state index in [4.69, 9.17) is 5.10 Å². The largest absolute Gasteiger partial charge is 0.469 e. The predicted molar refractivity (Wildman–Crippen MR) is 134 cm³/mol. The number of carbonyl (C=O) groups is 1. The monoisotopic (exact) mass is 476 g/mol. The Kier molecular flexibility index (Phi) is 7.28. The second-order valence-electron chi connectivity index (χ2n) is 8.92. The summed E-state index contributed by atoms with van der Waals surface area (Å²) in [6, 6.07) is 14.3. The van der Waals surface area contributed by atoms with Gasteiger partial charge in [-0.25, -0.2) is 8.91 Å². The summed E-state index contributed by atoms with van der Waals surface area (Å²) in [5.74, 6) is -0.769. The lowest BCUT2D eigenvalue weighted by Crippen LogP contribution is -2.20. The molecule has 4 rings (SSSR count). The highest BCUT2D eigenvalue weighted by Gasteiger charge is 2.23. The third-order valence-electron chi connectivity index (χ3n) is 6.06. The molecule has 0 saturated heterocycles. The van der Waals surface area contributed by atoms with Crippen molar-refractivity contribution in [3.8, 4) is 11.1 Å². The Morgan fingerprint density at radius 3 is 2.54 bits per heavy atom. The summed E-state index contributed by atoms with van der Waals surface area (Å²) in [5, 5.41) is 27.4. The van der Waals surface area contributed by atoms with Gasteiger partial charge in [-0.15, -0.1) is 0 Å². The highest BCUT2D eigenvalue weighted by Crippen LogP contribution is 2.40. The van der Waals surface area contributed by atoms with Gasteiger partial charge in [-0.2, -0.15) is 5.10 Å². The van der Waals surface area contributed by atoms with Crippen LogP contribution in [0.5, 0.6) is 0 Å². The molecular formula is C28H29FN2O4. The molecule has 7 heteroatoms. The van der Waals surface area contributed by atoms with Gasteiger partial charge in [0.15, 0.2) is 0 Å².